The zero-order valence-electron chi connectivity index (χ0n) is 17.3. The normalized spacial score (nSPS) is 14.6. The fourth-order valence-electron chi connectivity index (χ4n) is 3.42. The summed E-state index contributed by atoms with van der Waals surface area (Å²) in [5, 5.41) is 9.90. The number of nitrogens with zero attached hydrogens (tertiary/aromatic N) is 4. The van der Waals surface area contributed by atoms with Crippen molar-refractivity contribution < 1.29 is 14.2 Å². The van der Waals surface area contributed by atoms with Gasteiger partial charge in [-0.15, -0.1) is 10.2 Å². The second-order valence-electron chi connectivity index (χ2n) is 6.84. The molecule has 8 heteroatoms. The van der Waals surface area contributed by atoms with E-state index >= 15 is 0 Å². The van der Waals surface area contributed by atoms with Crippen LogP contribution in [0, 0.1) is 0 Å². The zero-order valence-corrected chi connectivity index (χ0v) is 18.1. The van der Waals surface area contributed by atoms with Crippen molar-refractivity contribution in [3.63, 3.8) is 0 Å². The van der Waals surface area contributed by atoms with E-state index in [1.807, 2.05) is 48.5 Å². The second kappa shape index (κ2) is 9.97. The molecule has 0 N–H and O–H groups in total. The largest absolute Gasteiger partial charge is 0.497 e. The van der Waals surface area contributed by atoms with Gasteiger partial charge in [0.2, 0.25) is 0 Å². The molecule has 1 aromatic heterocycles. The number of ether oxygens (including phenoxy) is 3. The number of para-hydroxylation sites is 1. The summed E-state index contributed by atoms with van der Waals surface area (Å²) in [6.07, 6.45) is 0. The number of aromatic nitrogens is 3. The van der Waals surface area contributed by atoms with Gasteiger partial charge in [-0.05, 0) is 36.4 Å². The average molecular weight is 427 g/mol. The SMILES string of the molecule is COc1ccc(-n2c(SCCN3CCOCC3)nnc2-c2ccccc2OC)cc1. The first-order valence-corrected chi connectivity index (χ1v) is 10.9. The molecule has 3 aromatic rings. The molecule has 30 heavy (non-hydrogen) atoms. The van der Waals surface area contributed by atoms with E-state index in [9.17, 15) is 0 Å². The first kappa shape index (κ1) is 20.7. The summed E-state index contributed by atoms with van der Waals surface area (Å²) in [6.45, 7) is 4.58. The van der Waals surface area contributed by atoms with E-state index in [4.69, 9.17) is 14.2 Å². The highest BCUT2D eigenvalue weighted by molar-refractivity contribution is 7.99. The minimum Gasteiger partial charge on any atom is -0.497 e. The van der Waals surface area contributed by atoms with Gasteiger partial charge in [0.25, 0.3) is 0 Å². The molecule has 2 aromatic carbocycles. The van der Waals surface area contributed by atoms with E-state index in [1.165, 1.54) is 0 Å². The summed E-state index contributed by atoms with van der Waals surface area (Å²) < 4.78 is 18.4. The predicted octanol–water partition coefficient (Wildman–Crippen LogP) is 3.38. The van der Waals surface area contributed by atoms with E-state index in [1.54, 1.807) is 26.0 Å². The van der Waals surface area contributed by atoms with E-state index in [0.29, 0.717) is 0 Å². The zero-order chi connectivity index (χ0) is 20.8. The molecule has 0 amide bonds. The van der Waals surface area contributed by atoms with Crippen LogP contribution in [0.25, 0.3) is 17.1 Å². The van der Waals surface area contributed by atoms with Gasteiger partial charge in [0.15, 0.2) is 11.0 Å². The third-order valence-electron chi connectivity index (χ3n) is 5.05. The average Bonchev–Trinajstić information content (AvgIpc) is 3.23. The van der Waals surface area contributed by atoms with Crippen LogP contribution < -0.4 is 9.47 Å². The number of methoxy groups -OCH3 is 2. The lowest BCUT2D eigenvalue weighted by atomic mass is 10.2. The molecule has 1 saturated heterocycles. The Morgan fingerprint density at radius 2 is 1.73 bits per heavy atom. The van der Waals surface area contributed by atoms with Gasteiger partial charge in [0, 0.05) is 25.4 Å². The molecule has 0 unspecified atom stereocenters. The van der Waals surface area contributed by atoms with Crippen LogP contribution >= 0.6 is 11.8 Å². The van der Waals surface area contributed by atoms with Gasteiger partial charge in [0.1, 0.15) is 11.5 Å². The van der Waals surface area contributed by atoms with Gasteiger partial charge in [-0.2, -0.15) is 0 Å². The molecular formula is C22H26N4O3S. The van der Waals surface area contributed by atoms with Crippen LogP contribution in [-0.4, -0.2) is 72.5 Å². The van der Waals surface area contributed by atoms with Crippen molar-refractivity contribution in [3.8, 4) is 28.6 Å². The molecule has 2 heterocycles. The van der Waals surface area contributed by atoms with E-state index in [-0.39, 0.29) is 0 Å². The molecule has 0 aliphatic carbocycles. The van der Waals surface area contributed by atoms with Crippen molar-refractivity contribution in [2.24, 2.45) is 0 Å². The summed E-state index contributed by atoms with van der Waals surface area (Å²) in [5.41, 5.74) is 1.89. The summed E-state index contributed by atoms with van der Waals surface area (Å²) in [7, 11) is 3.34. The third kappa shape index (κ3) is 4.61. The number of hydrogen-bond donors (Lipinski definition) is 0. The third-order valence-corrected chi connectivity index (χ3v) is 5.96. The molecule has 1 aliphatic heterocycles. The summed E-state index contributed by atoms with van der Waals surface area (Å²) >= 11 is 1.71. The Bertz CT molecular complexity index is 955. The van der Waals surface area contributed by atoms with Crippen molar-refractivity contribution in [2.45, 2.75) is 5.16 Å². The van der Waals surface area contributed by atoms with Crippen molar-refractivity contribution in [1.29, 1.82) is 0 Å². The van der Waals surface area contributed by atoms with Crippen LogP contribution in [0.15, 0.2) is 53.7 Å². The van der Waals surface area contributed by atoms with Crippen molar-refractivity contribution in [1.82, 2.24) is 19.7 Å². The molecule has 0 saturated carbocycles. The van der Waals surface area contributed by atoms with E-state index < -0.39 is 0 Å². The number of benzene rings is 2. The Morgan fingerprint density at radius 1 is 0.967 bits per heavy atom. The molecule has 0 bridgehead atoms. The number of rotatable bonds is 8. The summed E-state index contributed by atoms with van der Waals surface area (Å²) in [6, 6.07) is 15.8. The van der Waals surface area contributed by atoms with Crippen LogP contribution in [0.4, 0.5) is 0 Å². The standard InChI is InChI=1S/C22H26N4O3S/c1-27-18-9-7-17(8-10-18)26-21(19-5-3-4-6-20(19)28-2)23-24-22(26)30-16-13-25-11-14-29-15-12-25/h3-10H,11-16H2,1-2H3. The Hall–Kier alpha value is -2.55. The van der Waals surface area contributed by atoms with E-state index in [2.05, 4.69) is 19.7 Å². The Kier molecular flexibility index (Phi) is 6.88. The van der Waals surface area contributed by atoms with Crippen LogP contribution in [-0.2, 0) is 4.74 Å². The van der Waals surface area contributed by atoms with Crippen LogP contribution in [0.2, 0.25) is 0 Å². The molecule has 4 rings (SSSR count). The van der Waals surface area contributed by atoms with Crippen LogP contribution in [0.3, 0.4) is 0 Å². The van der Waals surface area contributed by atoms with Gasteiger partial charge in [-0.3, -0.25) is 9.47 Å². The monoisotopic (exact) mass is 426 g/mol. The summed E-state index contributed by atoms with van der Waals surface area (Å²) in [5.74, 6) is 3.27. The van der Waals surface area contributed by atoms with Crippen molar-refractivity contribution >= 4 is 11.8 Å². The van der Waals surface area contributed by atoms with Crippen LogP contribution in [0.1, 0.15) is 0 Å². The lowest BCUT2D eigenvalue weighted by Gasteiger charge is -2.26. The molecule has 0 atom stereocenters. The smallest absolute Gasteiger partial charge is 0.196 e. The Morgan fingerprint density at radius 3 is 2.47 bits per heavy atom. The quantitative estimate of drug-likeness (QED) is 0.512. The van der Waals surface area contributed by atoms with Gasteiger partial charge in [-0.25, -0.2) is 0 Å². The van der Waals surface area contributed by atoms with Gasteiger partial charge < -0.3 is 14.2 Å². The van der Waals surface area contributed by atoms with E-state index in [0.717, 1.165) is 72.3 Å². The number of morpholine rings is 1. The van der Waals surface area contributed by atoms with Crippen LogP contribution in [0.5, 0.6) is 11.5 Å². The Balaban J connectivity index is 1.64. The maximum atomic E-state index is 5.57. The molecular weight excluding hydrogens is 400 g/mol. The molecule has 0 spiro atoms. The lowest BCUT2D eigenvalue weighted by Crippen LogP contribution is -2.37. The topological polar surface area (TPSA) is 61.6 Å². The highest BCUT2D eigenvalue weighted by Crippen LogP contribution is 2.33. The van der Waals surface area contributed by atoms with Gasteiger partial charge in [-0.1, -0.05) is 23.9 Å². The predicted molar refractivity (Wildman–Crippen MR) is 118 cm³/mol. The number of thioether (sulfide) groups is 1. The first-order chi connectivity index (χ1) is 14.8. The molecule has 0 radical (unpaired) electrons. The van der Waals surface area contributed by atoms with Crippen molar-refractivity contribution in [2.75, 3.05) is 52.8 Å². The van der Waals surface area contributed by atoms with Gasteiger partial charge in [0.05, 0.1) is 38.7 Å². The fraction of sp³-hybridized carbons (Fsp3) is 0.364. The first-order valence-electron chi connectivity index (χ1n) is 9.96. The molecule has 1 fully saturated rings. The minimum absolute atomic E-state index is 0.756. The molecule has 1 aliphatic rings. The van der Waals surface area contributed by atoms with Crippen molar-refractivity contribution in [3.05, 3.63) is 48.5 Å². The Labute approximate surface area is 181 Å². The highest BCUT2D eigenvalue weighted by Gasteiger charge is 2.19. The molecule has 7 nitrogen and oxygen atoms in total. The lowest BCUT2D eigenvalue weighted by molar-refractivity contribution is 0.0410. The molecule has 158 valence electrons. The minimum atomic E-state index is 0.756. The second-order valence-corrected chi connectivity index (χ2v) is 7.90. The highest BCUT2D eigenvalue weighted by atomic mass is 32.2. The van der Waals surface area contributed by atoms with Gasteiger partial charge >= 0.3 is 0 Å². The fourth-order valence-corrected chi connectivity index (χ4v) is 4.37. The maximum Gasteiger partial charge on any atom is 0.196 e. The maximum absolute atomic E-state index is 5.57. The summed E-state index contributed by atoms with van der Waals surface area (Å²) in [4.78, 5) is 2.42. The number of hydrogen-bond acceptors (Lipinski definition) is 7.